The van der Waals surface area contributed by atoms with E-state index in [0.29, 0.717) is 49.6 Å². The molecule has 0 radical (unpaired) electrons. The lowest BCUT2D eigenvalue weighted by molar-refractivity contribution is 0.0755. The Morgan fingerprint density at radius 1 is 0.854 bits per heavy atom. The van der Waals surface area contributed by atoms with E-state index >= 15 is 0 Å². The van der Waals surface area contributed by atoms with Gasteiger partial charge < -0.3 is 20.6 Å². The summed E-state index contributed by atoms with van der Waals surface area (Å²) in [6, 6.07) is 23.2. The lowest BCUT2D eigenvalue weighted by Crippen LogP contribution is -2.48. The van der Waals surface area contributed by atoms with Crippen molar-refractivity contribution in [2.75, 3.05) is 19.6 Å². The van der Waals surface area contributed by atoms with Gasteiger partial charge in [-0.2, -0.15) is 0 Å². The van der Waals surface area contributed by atoms with Crippen LogP contribution in [0.4, 0.5) is 0 Å². The first kappa shape index (κ1) is 32.0. The molecule has 2 amide bonds. The van der Waals surface area contributed by atoms with Crippen LogP contribution >= 0.6 is 0 Å². The highest BCUT2D eigenvalue weighted by Gasteiger charge is 2.24. The normalized spacial score (nSPS) is 12.7. The van der Waals surface area contributed by atoms with Gasteiger partial charge in [-0.3, -0.25) is 9.59 Å². The largest absolute Gasteiger partial charge is 0.390 e. The van der Waals surface area contributed by atoms with E-state index in [0.717, 1.165) is 29.5 Å². The van der Waals surface area contributed by atoms with Gasteiger partial charge in [-0.05, 0) is 72.6 Å². The summed E-state index contributed by atoms with van der Waals surface area (Å²) in [4.78, 5) is 28.7. The average Bonchev–Trinajstić information content (AvgIpc) is 2.96. The molecule has 3 aromatic carbocycles. The fraction of sp³-hybridized carbons (Fsp3) is 0.429. The minimum Gasteiger partial charge on any atom is -0.390 e. The summed E-state index contributed by atoms with van der Waals surface area (Å²) in [6.07, 6.45) is 1.42. The van der Waals surface area contributed by atoms with Crippen molar-refractivity contribution in [2.24, 2.45) is 0 Å². The summed E-state index contributed by atoms with van der Waals surface area (Å²) >= 11 is 0. The summed E-state index contributed by atoms with van der Waals surface area (Å²) in [5.74, 6) is 0.0701. The fourth-order valence-corrected chi connectivity index (χ4v) is 5.01. The van der Waals surface area contributed by atoms with Crippen molar-refractivity contribution in [1.82, 2.24) is 15.5 Å². The third kappa shape index (κ3) is 9.83. The van der Waals surface area contributed by atoms with Crippen LogP contribution in [-0.4, -0.2) is 53.6 Å². The number of amides is 2. The number of hydrogen-bond acceptors (Lipinski definition) is 4. The van der Waals surface area contributed by atoms with Crippen LogP contribution in [0.2, 0.25) is 0 Å². The number of nitrogens with zero attached hydrogens (tertiary/aromatic N) is 1. The molecule has 0 saturated carbocycles. The Kier molecular flexibility index (Phi) is 12.6. The van der Waals surface area contributed by atoms with Gasteiger partial charge in [0.05, 0.1) is 12.1 Å². The Morgan fingerprint density at radius 3 is 2.10 bits per heavy atom. The van der Waals surface area contributed by atoms with Crippen LogP contribution in [0.1, 0.15) is 89.4 Å². The van der Waals surface area contributed by atoms with Gasteiger partial charge in [0.15, 0.2) is 0 Å². The molecule has 0 fully saturated rings. The zero-order valence-electron chi connectivity index (χ0n) is 25.3. The number of benzene rings is 3. The maximum absolute atomic E-state index is 13.6. The Bertz CT molecular complexity index is 1240. The number of nitrogens with one attached hydrogen (secondary N) is 2. The number of aliphatic hydroxyl groups is 1. The molecule has 2 atom stereocenters. The molecule has 6 nitrogen and oxygen atoms in total. The van der Waals surface area contributed by atoms with E-state index in [1.807, 2.05) is 48.2 Å². The molecule has 3 rings (SSSR count). The third-order valence-corrected chi connectivity index (χ3v) is 7.27. The van der Waals surface area contributed by atoms with Crippen molar-refractivity contribution in [3.8, 4) is 0 Å². The van der Waals surface area contributed by atoms with Gasteiger partial charge in [0.1, 0.15) is 0 Å². The van der Waals surface area contributed by atoms with Crippen molar-refractivity contribution < 1.29 is 14.7 Å². The fourth-order valence-electron chi connectivity index (χ4n) is 5.01. The molecule has 0 bridgehead atoms. The lowest BCUT2D eigenvalue weighted by atomic mass is 9.96. The summed E-state index contributed by atoms with van der Waals surface area (Å²) in [6.45, 7) is 12.6. The summed E-state index contributed by atoms with van der Waals surface area (Å²) in [7, 11) is 0. The summed E-state index contributed by atoms with van der Waals surface area (Å²) in [5, 5.41) is 17.6. The standard InChI is InChI=1S/C35H47N3O3/c1-6-17-38(18-7-2)35(41)31-20-26(5)19-30(22-31)34(40)37-32(21-27-13-15-29(16-14-27)25(3)4)33(39)24-36-23-28-11-9-8-10-12-28/h8-16,19-20,22,25,32-33,36,39H,6-7,17-18,21,23-24H2,1-5H3,(H,37,40)/t32-,33+/m0/s1. The number of hydrogen-bond donors (Lipinski definition) is 3. The van der Waals surface area contributed by atoms with Crippen molar-refractivity contribution in [2.45, 2.75) is 78.5 Å². The SMILES string of the molecule is CCCN(CCC)C(=O)c1cc(C)cc(C(=O)N[C@@H](Cc2ccc(C(C)C)cc2)[C@H](O)CNCc2ccccc2)c1. The molecular weight excluding hydrogens is 510 g/mol. The quantitative estimate of drug-likeness (QED) is 0.218. The second-order valence-corrected chi connectivity index (χ2v) is 11.2. The molecule has 0 saturated heterocycles. The maximum atomic E-state index is 13.6. The zero-order chi connectivity index (χ0) is 29.8. The van der Waals surface area contributed by atoms with Crippen molar-refractivity contribution in [1.29, 1.82) is 0 Å². The predicted molar refractivity (Wildman–Crippen MR) is 167 cm³/mol. The maximum Gasteiger partial charge on any atom is 0.253 e. The highest BCUT2D eigenvalue weighted by Crippen LogP contribution is 2.18. The third-order valence-electron chi connectivity index (χ3n) is 7.27. The molecule has 0 aliphatic carbocycles. The van der Waals surface area contributed by atoms with Gasteiger partial charge >= 0.3 is 0 Å². The van der Waals surface area contributed by atoms with E-state index in [-0.39, 0.29) is 11.8 Å². The predicted octanol–water partition coefficient (Wildman–Crippen LogP) is 5.87. The van der Waals surface area contributed by atoms with Crippen LogP contribution in [-0.2, 0) is 13.0 Å². The molecule has 6 heteroatoms. The highest BCUT2D eigenvalue weighted by molar-refractivity contribution is 6.00. The van der Waals surface area contributed by atoms with Gasteiger partial charge in [-0.15, -0.1) is 0 Å². The van der Waals surface area contributed by atoms with E-state index in [1.165, 1.54) is 5.56 Å². The van der Waals surface area contributed by atoms with Crippen LogP contribution in [0.25, 0.3) is 0 Å². The first-order chi connectivity index (χ1) is 19.7. The van der Waals surface area contributed by atoms with Crippen LogP contribution in [0.3, 0.4) is 0 Å². The number of carbonyl (C=O) groups is 2. The molecule has 3 N–H and O–H groups in total. The first-order valence-electron chi connectivity index (χ1n) is 14.9. The lowest BCUT2D eigenvalue weighted by Gasteiger charge is -2.26. The van der Waals surface area contributed by atoms with Crippen molar-refractivity contribution >= 4 is 11.8 Å². The minimum atomic E-state index is -0.817. The van der Waals surface area contributed by atoms with Gasteiger partial charge in [-0.1, -0.05) is 82.3 Å². The molecule has 0 heterocycles. The minimum absolute atomic E-state index is 0.0570. The molecule has 0 spiro atoms. The van der Waals surface area contributed by atoms with Gasteiger partial charge in [0, 0.05) is 37.3 Å². The zero-order valence-corrected chi connectivity index (χ0v) is 25.3. The van der Waals surface area contributed by atoms with E-state index in [2.05, 4.69) is 62.6 Å². The van der Waals surface area contributed by atoms with Crippen LogP contribution in [0.5, 0.6) is 0 Å². The Balaban J connectivity index is 1.79. The smallest absolute Gasteiger partial charge is 0.253 e. The molecular formula is C35H47N3O3. The van der Waals surface area contributed by atoms with Crippen LogP contribution < -0.4 is 10.6 Å². The topological polar surface area (TPSA) is 81.7 Å². The van der Waals surface area contributed by atoms with E-state index < -0.39 is 12.1 Å². The molecule has 0 unspecified atom stereocenters. The molecule has 41 heavy (non-hydrogen) atoms. The number of aliphatic hydroxyl groups excluding tert-OH is 1. The van der Waals surface area contributed by atoms with E-state index in [1.54, 1.807) is 12.1 Å². The van der Waals surface area contributed by atoms with Gasteiger partial charge in [-0.25, -0.2) is 0 Å². The molecule has 3 aromatic rings. The van der Waals surface area contributed by atoms with Crippen molar-refractivity contribution in [3.05, 3.63) is 106 Å². The Morgan fingerprint density at radius 2 is 1.49 bits per heavy atom. The molecule has 0 aliphatic heterocycles. The number of aryl methyl sites for hydroxylation is 1. The van der Waals surface area contributed by atoms with E-state index in [4.69, 9.17) is 0 Å². The summed E-state index contributed by atoms with van der Waals surface area (Å²) in [5.41, 5.74) is 5.20. The van der Waals surface area contributed by atoms with Gasteiger partial charge in [0.25, 0.3) is 11.8 Å². The molecule has 220 valence electrons. The summed E-state index contributed by atoms with van der Waals surface area (Å²) < 4.78 is 0. The second kappa shape index (κ2) is 16.1. The number of carbonyl (C=O) groups excluding carboxylic acids is 2. The average molecular weight is 558 g/mol. The van der Waals surface area contributed by atoms with Gasteiger partial charge in [0.2, 0.25) is 0 Å². The monoisotopic (exact) mass is 557 g/mol. The van der Waals surface area contributed by atoms with Crippen LogP contribution in [0, 0.1) is 6.92 Å². The second-order valence-electron chi connectivity index (χ2n) is 11.2. The van der Waals surface area contributed by atoms with Crippen LogP contribution in [0.15, 0.2) is 72.8 Å². The highest BCUT2D eigenvalue weighted by atomic mass is 16.3. The molecule has 0 aromatic heterocycles. The first-order valence-corrected chi connectivity index (χ1v) is 14.9. The Hall–Kier alpha value is -3.48. The molecule has 0 aliphatic rings. The Labute approximate surface area is 246 Å². The number of rotatable bonds is 15. The van der Waals surface area contributed by atoms with Crippen molar-refractivity contribution in [3.63, 3.8) is 0 Å². The van der Waals surface area contributed by atoms with E-state index in [9.17, 15) is 14.7 Å².